The standard InChI is InChI=1S/C30H37FN2O4/c1-2-37-30(36)25-15-17-32(18-16-25)28(34)20-22-11-13-27(14-12-22)33(21-23-7-6-10-26(31)19-23)29(35)24-8-4-3-5-9-24/h6-7,10-14,19,24-25H,2-5,8-9,15-18,20-21H2,1H3. The molecule has 0 unspecified atom stereocenters. The van der Waals surface area contributed by atoms with Crippen LogP contribution in [0.3, 0.4) is 0 Å². The van der Waals surface area contributed by atoms with Gasteiger partial charge >= 0.3 is 5.97 Å². The van der Waals surface area contributed by atoms with Gasteiger partial charge in [0.2, 0.25) is 11.8 Å². The van der Waals surface area contributed by atoms with Gasteiger partial charge in [-0.1, -0.05) is 43.5 Å². The molecule has 1 heterocycles. The number of hydrogen-bond acceptors (Lipinski definition) is 4. The zero-order chi connectivity index (χ0) is 26.2. The van der Waals surface area contributed by atoms with Gasteiger partial charge in [0.1, 0.15) is 5.82 Å². The van der Waals surface area contributed by atoms with Crippen molar-refractivity contribution >= 4 is 23.5 Å². The Morgan fingerprint density at radius 2 is 1.62 bits per heavy atom. The Kier molecular flexibility index (Phi) is 9.31. The molecular formula is C30H37FN2O4. The Balaban J connectivity index is 1.41. The van der Waals surface area contributed by atoms with Crippen molar-refractivity contribution in [2.75, 3.05) is 24.6 Å². The molecular weight excluding hydrogens is 471 g/mol. The fourth-order valence-electron chi connectivity index (χ4n) is 5.39. The molecule has 0 bridgehead atoms. The van der Waals surface area contributed by atoms with Gasteiger partial charge in [0.05, 0.1) is 25.5 Å². The number of anilines is 1. The van der Waals surface area contributed by atoms with E-state index in [1.807, 2.05) is 35.2 Å². The Bertz CT molecular complexity index is 1070. The van der Waals surface area contributed by atoms with Gasteiger partial charge < -0.3 is 14.5 Å². The average Bonchev–Trinajstić information content (AvgIpc) is 2.92. The van der Waals surface area contributed by atoms with Crippen LogP contribution in [-0.2, 0) is 32.1 Å². The first-order valence-electron chi connectivity index (χ1n) is 13.5. The molecule has 1 saturated heterocycles. The first-order valence-corrected chi connectivity index (χ1v) is 13.5. The smallest absolute Gasteiger partial charge is 0.309 e. The molecule has 1 aliphatic heterocycles. The van der Waals surface area contributed by atoms with Gasteiger partial charge in [-0.05, 0) is 68.0 Å². The molecule has 0 aromatic heterocycles. The van der Waals surface area contributed by atoms with Crippen molar-refractivity contribution < 1.29 is 23.5 Å². The molecule has 198 valence electrons. The number of likely N-dealkylation sites (tertiary alicyclic amines) is 1. The van der Waals surface area contributed by atoms with Crippen LogP contribution < -0.4 is 4.90 Å². The number of amides is 2. The van der Waals surface area contributed by atoms with Gasteiger partial charge in [-0.3, -0.25) is 14.4 Å². The van der Waals surface area contributed by atoms with E-state index in [4.69, 9.17) is 4.74 Å². The second kappa shape index (κ2) is 12.8. The first kappa shape index (κ1) is 26.8. The first-order chi connectivity index (χ1) is 17.9. The number of esters is 1. The summed E-state index contributed by atoms with van der Waals surface area (Å²) in [6.45, 7) is 3.59. The monoisotopic (exact) mass is 508 g/mol. The predicted octanol–water partition coefficient (Wildman–Crippen LogP) is 5.28. The normalized spacial score (nSPS) is 16.9. The number of hydrogen-bond donors (Lipinski definition) is 0. The lowest BCUT2D eigenvalue weighted by Gasteiger charge is -2.31. The molecule has 2 fully saturated rings. The summed E-state index contributed by atoms with van der Waals surface area (Å²) in [5.74, 6) is -0.518. The number of ether oxygens (including phenoxy) is 1. The molecule has 2 aromatic carbocycles. The highest BCUT2D eigenvalue weighted by Gasteiger charge is 2.29. The van der Waals surface area contributed by atoms with Gasteiger partial charge in [-0.25, -0.2) is 4.39 Å². The Hall–Kier alpha value is -3.22. The van der Waals surface area contributed by atoms with Crippen molar-refractivity contribution in [2.45, 2.75) is 64.8 Å². The molecule has 2 aliphatic rings. The van der Waals surface area contributed by atoms with Crippen molar-refractivity contribution in [2.24, 2.45) is 11.8 Å². The van der Waals surface area contributed by atoms with E-state index in [0.717, 1.165) is 48.9 Å². The highest BCUT2D eigenvalue weighted by Crippen LogP contribution is 2.29. The molecule has 0 N–H and O–H groups in total. The summed E-state index contributed by atoms with van der Waals surface area (Å²) in [6, 6.07) is 13.9. The van der Waals surface area contributed by atoms with Crippen LogP contribution in [0.15, 0.2) is 48.5 Å². The largest absolute Gasteiger partial charge is 0.466 e. The van der Waals surface area contributed by atoms with E-state index in [9.17, 15) is 18.8 Å². The van der Waals surface area contributed by atoms with Gasteiger partial charge in [-0.2, -0.15) is 0 Å². The highest BCUT2D eigenvalue weighted by atomic mass is 19.1. The summed E-state index contributed by atoms with van der Waals surface area (Å²) in [5, 5.41) is 0. The fraction of sp³-hybridized carbons (Fsp3) is 0.500. The number of rotatable bonds is 8. The van der Waals surface area contributed by atoms with Crippen LogP contribution in [0.2, 0.25) is 0 Å². The molecule has 7 heteroatoms. The van der Waals surface area contributed by atoms with Gasteiger partial charge in [-0.15, -0.1) is 0 Å². The predicted molar refractivity (Wildman–Crippen MR) is 140 cm³/mol. The van der Waals surface area contributed by atoms with Crippen LogP contribution in [0.25, 0.3) is 0 Å². The van der Waals surface area contributed by atoms with Crippen molar-refractivity contribution in [3.8, 4) is 0 Å². The fourth-order valence-corrected chi connectivity index (χ4v) is 5.39. The summed E-state index contributed by atoms with van der Waals surface area (Å²) in [4.78, 5) is 41.9. The third-order valence-electron chi connectivity index (χ3n) is 7.52. The van der Waals surface area contributed by atoms with Crippen molar-refractivity contribution in [1.29, 1.82) is 0 Å². The van der Waals surface area contributed by atoms with Gasteiger partial charge in [0, 0.05) is 24.7 Å². The van der Waals surface area contributed by atoms with Crippen LogP contribution >= 0.6 is 0 Å². The molecule has 4 rings (SSSR count). The molecule has 2 amide bonds. The van der Waals surface area contributed by atoms with Crippen LogP contribution in [0, 0.1) is 17.7 Å². The quantitative estimate of drug-likeness (QED) is 0.455. The zero-order valence-corrected chi connectivity index (χ0v) is 21.7. The van der Waals surface area contributed by atoms with Crippen LogP contribution in [-0.4, -0.2) is 42.4 Å². The Labute approximate surface area is 218 Å². The second-order valence-corrected chi connectivity index (χ2v) is 10.1. The summed E-state index contributed by atoms with van der Waals surface area (Å²) in [5.41, 5.74) is 2.37. The summed E-state index contributed by atoms with van der Waals surface area (Å²) in [7, 11) is 0. The maximum Gasteiger partial charge on any atom is 0.309 e. The lowest BCUT2D eigenvalue weighted by Crippen LogP contribution is -2.41. The molecule has 0 spiro atoms. The van der Waals surface area contributed by atoms with E-state index in [1.165, 1.54) is 12.1 Å². The summed E-state index contributed by atoms with van der Waals surface area (Å²) < 4.78 is 18.9. The summed E-state index contributed by atoms with van der Waals surface area (Å²) >= 11 is 0. The van der Waals surface area contributed by atoms with Crippen LogP contribution in [0.4, 0.5) is 10.1 Å². The van der Waals surface area contributed by atoms with E-state index < -0.39 is 0 Å². The minimum Gasteiger partial charge on any atom is -0.466 e. The van der Waals surface area contributed by atoms with Gasteiger partial charge in [0.25, 0.3) is 0 Å². The third-order valence-corrected chi connectivity index (χ3v) is 7.52. The lowest BCUT2D eigenvalue weighted by molar-refractivity contribution is -0.151. The minimum absolute atomic E-state index is 0.0129. The average molecular weight is 509 g/mol. The molecule has 0 radical (unpaired) electrons. The number of piperidine rings is 1. The maximum atomic E-state index is 13.8. The number of carbonyl (C=O) groups is 3. The zero-order valence-electron chi connectivity index (χ0n) is 21.7. The van der Waals surface area contributed by atoms with Crippen LogP contribution in [0.1, 0.15) is 63.0 Å². The highest BCUT2D eigenvalue weighted by molar-refractivity contribution is 5.95. The Morgan fingerprint density at radius 1 is 0.919 bits per heavy atom. The third kappa shape index (κ3) is 7.18. The van der Waals surface area contributed by atoms with E-state index in [2.05, 4.69) is 0 Å². The number of halogens is 1. The van der Waals surface area contributed by atoms with E-state index in [-0.39, 0.29) is 41.9 Å². The molecule has 1 saturated carbocycles. The Morgan fingerprint density at radius 3 is 2.27 bits per heavy atom. The topological polar surface area (TPSA) is 66.9 Å². The van der Waals surface area contributed by atoms with Crippen molar-refractivity contribution in [3.63, 3.8) is 0 Å². The van der Waals surface area contributed by atoms with Crippen LogP contribution in [0.5, 0.6) is 0 Å². The van der Waals surface area contributed by atoms with E-state index >= 15 is 0 Å². The number of benzene rings is 2. The SMILES string of the molecule is CCOC(=O)C1CCN(C(=O)Cc2ccc(N(Cc3cccc(F)c3)C(=O)C3CCCCC3)cc2)CC1. The van der Waals surface area contributed by atoms with Crippen molar-refractivity contribution in [3.05, 3.63) is 65.5 Å². The maximum absolute atomic E-state index is 13.8. The molecule has 1 aliphatic carbocycles. The molecule has 37 heavy (non-hydrogen) atoms. The second-order valence-electron chi connectivity index (χ2n) is 10.1. The summed E-state index contributed by atoms with van der Waals surface area (Å²) in [6.07, 6.45) is 6.58. The molecule has 0 atom stereocenters. The lowest BCUT2D eigenvalue weighted by atomic mass is 9.88. The van der Waals surface area contributed by atoms with E-state index in [1.54, 1.807) is 17.9 Å². The number of nitrogens with zero attached hydrogens (tertiary/aromatic N) is 2. The van der Waals surface area contributed by atoms with Gasteiger partial charge in [0.15, 0.2) is 0 Å². The van der Waals surface area contributed by atoms with E-state index in [0.29, 0.717) is 39.1 Å². The van der Waals surface area contributed by atoms with Crippen molar-refractivity contribution in [1.82, 2.24) is 4.90 Å². The number of carbonyl (C=O) groups excluding carboxylic acids is 3. The minimum atomic E-state index is -0.317. The molecule has 6 nitrogen and oxygen atoms in total. The molecule has 2 aromatic rings.